The molecular weight excluding hydrogens is 516 g/mol. The Labute approximate surface area is 200 Å². The van der Waals surface area contributed by atoms with Gasteiger partial charge in [0.25, 0.3) is 0 Å². The summed E-state index contributed by atoms with van der Waals surface area (Å²) in [6.07, 6.45) is 0. The van der Waals surface area contributed by atoms with Crippen molar-refractivity contribution in [1.29, 1.82) is 0 Å². The van der Waals surface area contributed by atoms with Crippen LogP contribution in [0.1, 0.15) is 31.8 Å². The number of nitro benzene ring substituents is 4. The van der Waals surface area contributed by atoms with Crippen LogP contribution in [0.4, 0.5) is 22.7 Å². The minimum atomic E-state index is -1.33. The summed E-state index contributed by atoms with van der Waals surface area (Å²) in [6.45, 7) is -1.08. The number of carbonyl (C=O) groups is 2. The zero-order valence-corrected chi connectivity index (χ0v) is 17.9. The lowest BCUT2D eigenvalue weighted by molar-refractivity contribution is -0.391. The quantitative estimate of drug-likeness (QED) is 0.215. The Kier molecular flexibility index (Phi) is 6.34. The molecule has 20 nitrogen and oxygen atoms in total. The second-order valence-corrected chi connectivity index (χ2v) is 6.86. The molecule has 0 saturated heterocycles. The minimum absolute atomic E-state index is 0.333. The summed E-state index contributed by atoms with van der Waals surface area (Å²) in [7, 11) is 0.985. The summed E-state index contributed by atoms with van der Waals surface area (Å²) < 4.78 is 13.6. The number of nitrogens with zero attached hydrogens (tertiary/aromatic N) is 4. The van der Waals surface area contributed by atoms with Crippen molar-refractivity contribution in [3.05, 3.63) is 62.7 Å². The highest BCUT2D eigenvalue weighted by atomic mass is 16.6. The topological polar surface area (TPSA) is 295 Å². The van der Waals surface area contributed by atoms with Crippen LogP contribution in [0.2, 0.25) is 0 Å². The maximum absolute atomic E-state index is 11.5. The van der Waals surface area contributed by atoms with Crippen molar-refractivity contribution in [3.63, 3.8) is 0 Å². The van der Waals surface area contributed by atoms with E-state index in [4.69, 9.17) is 0 Å². The van der Waals surface area contributed by atoms with Crippen LogP contribution in [-0.4, -0.2) is 54.1 Å². The van der Waals surface area contributed by atoms with Crippen LogP contribution < -0.4 is 4.74 Å². The van der Waals surface area contributed by atoms with Crippen molar-refractivity contribution in [2.24, 2.45) is 0 Å². The summed E-state index contributed by atoms with van der Waals surface area (Å²) in [4.78, 5) is 61.9. The Balaban J connectivity index is 0.000000206. The molecule has 4 rings (SSSR count). The number of nitro groups is 4. The van der Waals surface area contributed by atoms with Gasteiger partial charge in [-0.15, -0.1) is 0 Å². The molecule has 194 valence electrons. The van der Waals surface area contributed by atoms with Crippen molar-refractivity contribution in [1.82, 2.24) is 0 Å². The summed E-state index contributed by atoms with van der Waals surface area (Å²) in [5.74, 6) is -6.56. The number of phenols is 3. The average Bonchev–Trinajstić information content (AvgIpc) is 3.35. The number of methoxy groups -OCH3 is 1. The molecule has 2 aliphatic rings. The van der Waals surface area contributed by atoms with Gasteiger partial charge in [0.15, 0.2) is 11.1 Å². The molecule has 0 spiro atoms. The van der Waals surface area contributed by atoms with Gasteiger partial charge in [-0.2, -0.15) is 0 Å². The lowest BCUT2D eigenvalue weighted by atomic mass is 10.0. The SMILES string of the molecule is COc1c(O)c([N+](=O)[O-])c2c(c1[N+](=O)[O-])C(=O)OC2.O=C1OCc2c1c([N+](=O)[O-])c(O)c(O)c2[N+](=O)[O-]. The molecule has 0 amide bonds. The Morgan fingerprint density at radius 2 is 1.00 bits per heavy atom. The molecule has 2 heterocycles. The molecule has 3 N–H and O–H groups in total. The van der Waals surface area contributed by atoms with E-state index in [1.165, 1.54) is 0 Å². The van der Waals surface area contributed by atoms with Crippen molar-refractivity contribution in [2.45, 2.75) is 13.2 Å². The molecule has 0 aliphatic carbocycles. The van der Waals surface area contributed by atoms with Gasteiger partial charge in [-0.05, 0) is 0 Å². The maximum atomic E-state index is 11.5. The lowest BCUT2D eigenvalue weighted by Crippen LogP contribution is -2.06. The van der Waals surface area contributed by atoms with Gasteiger partial charge in [-0.3, -0.25) is 40.5 Å². The van der Waals surface area contributed by atoms with Crippen LogP contribution in [-0.2, 0) is 22.7 Å². The standard InChI is InChI=1S/C9H6N2O8.C8H4N2O8/c1-18-8-6(11(16)17)4-3(2-19-9(4)13)5(7(8)12)10(14)15;11-6-4(9(14)15)2-1-18-8(13)3(2)5(7(6)12)10(16)17/h12H,2H2,1H3;11-12H,1H2. The fourth-order valence-electron chi connectivity index (χ4n) is 3.56. The number of phenolic OH excluding ortho intramolecular Hbond substituents is 3. The molecule has 0 radical (unpaired) electrons. The molecule has 0 saturated carbocycles. The van der Waals surface area contributed by atoms with Crippen molar-refractivity contribution in [3.8, 4) is 23.0 Å². The van der Waals surface area contributed by atoms with Gasteiger partial charge in [-0.1, -0.05) is 0 Å². The van der Waals surface area contributed by atoms with Crippen molar-refractivity contribution in [2.75, 3.05) is 7.11 Å². The van der Waals surface area contributed by atoms with Gasteiger partial charge < -0.3 is 29.5 Å². The number of esters is 2. The fraction of sp³-hybridized carbons (Fsp3) is 0.176. The van der Waals surface area contributed by atoms with E-state index in [1.807, 2.05) is 0 Å². The highest BCUT2D eigenvalue weighted by molar-refractivity contribution is 6.02. The second-order valence-electron chi connectivity index (χ2n) is 6.86. The highest BCUT2D eigenvalue weighted by Crippen LogP contribution is 2.51. The third kappa shape index (κ3) is 3.92. The summed E-state index contributed by atoms with van der Waals surface area (Å²) in [5.41, 5.74) is -5.78. The number of fused-ring (bicyclic) bond motifs is 2. The predicted molar refractivity (Wildman–Crippen MR) is 109 cm³/mol. The molecule has 0 unspecified atom stereocenters. The zero-order chi connectivity index (χ0) is 27.9. The number of benzene rings is 2. The first-order valence-corrected chi connectivity index (χ1v) is 9.24. The lowest BCUT2D eigenvalue weighted by Gasteiger charge is -2.07. The third-order valence-electron chi connectivity index (χ3n) is 5.01. The number of cyclic esters (lactones) is 2. The van der Waals surface area contributed by atoms with Gasteiger partial charge in [-0.25, -0.2) is 9.59 Å². The van der Waals surface area contributed by atoms with Crippen molar-refractivity contribution < 1.29 is 58.8 Å². The Morgan fingerprint density at radius 1 is 0.649 bits per heavy atom. The summed E-state index contributed by atoms with van der Waals surface area (Å²) in [6, 6.07) is 0. The number of carbonyl (C=O) groups excluding carboxylic acids is 2. The first-order chi connectivity index (χ1) is 17.3. The van der Waals surface area contributed by atoms with Crippen LogP contribution in [0.15, 0.2) is 0 Å². The minimum Gasteiger partial charge on any atom is -0.499 e. The Morgan fingerprint density at radius 3 is 1.38 bits per heavy atom. The van der Waals surface area contributed by atoms with Crippen LogP contribution in [0, 0.1) is 40.5 Å². The average molecular weight is 526 g/mol. The van der Waals surface area contributed by atoms with Gasteiger partial charge in [0.2, 0.25) is 23.0 Å². The van der Waals surface area contributed by atoms with Gasteiger partial charge in [0.05, 0.1) is 37.9 Å². The Bertz CT molecular complexity index is 1450. The van der Waals surface area contributed by atoms with E-state index >= 15 is 0 Å². The van der Waals surface area contributed by atoms with Gasteiger partial charge >= 0.3 is 34.7 Å². The number of hydrogen-bond donors (Lipinski definition) is 3. The highest BCUT2D eigenvalue weighted by Gasteiger charge is 2.45. The molecule has 2 aromatic rings. The van der Waals surface area contributed by atoms with Crippen LogP contribution >= 0.6 is 0 Å². The van der Waals surface area contributed by atoms with E-state index in [9.17, 15) is 65.4 Å². The molecule has 0 atom stereocenters. The Hall–Kier alpha value is -5.82. The van der Waals surface area contributed by atoms with Crippen LogP contribution in [0.3, 0.4) is 0 Å². The third-order valence-corrected chi connectivity index (χ3v) is 5.01. The van der Waals surface area contributed by atoms with E-state index in [0.717, 1.165) is 7.11 Å². The second kappa shape index (κ2) is 9.09. The van der Waals surface area contributed by atoms with Crippen molar-refractivity contribution >= 4 is 34.7 Å². The summed E-state index contributed by atoms with van der Waals surface area (Å²) in [5, 5.41) is 71.7. The first-order valence-electron chi connectivity index (χ1n) is 9.24. The monoisotopic (exact) mass is 526 g/mol. The number of hydrogen-bond acceptors (Lipinski definition) is 16. The van der Waals surface area contributed by atoms with E-state index in [0.29, 0.717) is 0 Å². The molecule has 0 bridgehead atoms. The smallest absolute Gasteiger partial charge is 0.346 e. The molecule has 20 heteroatoms. The fourth-order valence-corrected chi connectivity index (χ4v) is 3.56. The molecule has 2 aromatic carbocycles. The van der Waals surface area contributed by atoms with E-state index in [-0.39, 0.29) is 5.56 Å². The first kappa shape index (κ1) is 25.8. The molecule has 0 fully saturated rings. The molecule has 37 heavy (non-hydrogen) atoms. The molecule has 2 aliphatic heterocycles. The number of ether oxygens (including phenoxy) is 3. The largest absolute Gasteiger partial charge is 0.499 e. The van der Waals surface area contributed by atoms with E-state index < -0.39 is 107 Å². The van der Waals surface area contributed by atoms with E-state index in [1.54, 1.807) is 0 Å². The normalized spacial score (nSPS) is 12.9. The molecular formula is C17H10N4O16. The summed E-state index contributed by atoms with van der Waals surface area (Å²) >= 11 is 0. The maximum Gasteiger partial charge on any atom is 0.346 e. The molecule has 0 aromatic heterocycles. The number of aromatic hydroxyl groups is 3. The predicted octanol–water partition coefficient (Wildman–Crippen LogP) is 1.47. The van der Waals surface area contributed by atoms with Gasteiger partial charge in [0, 0.05) is 0 Å². The van der Waals surface area contributed by atoms with Crippen LogP contribution in [0.5, 0.6) is 23.0 Å². The van der Waals surface area contributed by atoms with Gasteiger partial charge in [0.1, 0.15) is 13.2 Å². The zero-order valence-electron chi connectivity index (χ0n) is 17.9. The van der Waals surface area contributed by atoms with E-state index in [2.05, 4.69) is 14.2 Å². The number of rotatable bonds is 5. The van der Waals surface area contributed by atoms with Crippen LogP contribution in [0.25, 0.3) is 0 Å².